The molecule has 0 spiro atoms. The number of amides is 1. The molecule has 1 atom stereocenters. The lowest BCUT2D eigenvalue weighted by Crippen LogP contribution is -2.31. The lowest BCUT2D eigenvalue weighted by Gasteiger charge is -2.27. The number of rotatable bonds is 5. The van der Waals surface area contributed by atoms with E-state index < -0.39 is 9.84 Å². The van der Waals surface area contributed by atoms with Gasteiger partial charge in [0.1, 0.15) is 9.84 Å². The first-order chi connectivity index (χ1) is 10.7. The Kier molecular flexibility index (Phi) is 5.50. The van der Waals surface area contributed by atoms with Crippen molar-refractivity contribution in [1.82, 2.24) is 5.32 Å². The molecule has 0 fully saturated rings. The van der Waals surface area contributed by atoms with Gasteiger partial charge in [0.05, 0.1) is 11.8 Å². The normalized spacial score (nSPS) is 20.4. The Labute approximate surface area is 139 Å². The van der Waals surface area contributed by atoms with Crippen molar-refractivity contribution < 1.29 is 13.2 Å². The smallest absolute Gasteiger partial charge is 0.220 e. The van der Waals surface area contributed by atoms with Gasteiger partial charge in [-0.1, -0.05) is 38.1 Å². The summed E-state index contributed by atoms with van der Waals surface area (Å²) in [6, 6.07) is 8.30. The molecule has 0 aromatic heterocycles. The van der Waals surface area contributed by atoms with Gasteiger partial charge in [0.25, 0.3) is 0 Å². The second-order valence-corrected chi connectivity index (χ2v) is 9.68. The van der Waals surface area contributed by atoms with Crippen molar-refractivity contribution in [1.29, 1.82) is 0 Å². The van der Waals surface area contributed by atoms with Gasteiger partial charge >= 0.3 is 0 Å². The third kappa shape index (κ3) is 5.65. The van der Waals surface area contributed by atoms with Gasteiger partial charge in [-0.05, 0) is 42.2 Å². The molecule has 128 valence electrons. The standard InChI is InChI=1S/C18H27NO3S/c1-18(2)11-10-14-7-4-5-8-15(14)16(13-18)19-17(20)9-6-12-23(3,21)22/h4-5,7-8,16H,6,9-13H2,1-3H3,(H,19,20)/t16-/m1/s1. The van der Waals surface area contributed by atoms with Crippen molar-refractivity contribution in [2.45, 2.75) is 52.0 Å². The van der Waals surface area contributed by atoms with Crippen LogP contribution in [0.15, 0.2) is 24.3 Å². The highest BCUT2D eigenvalue weighted by atomic mass is 32.2. The molecule has 1 N–H and O–H groups in total. The average Bonchev–Trinajstić information content (AvgIpc) is 2.55. The molecule has 0 saturated heterocycles. The van der Waals surface area contributed by atoms with Crippen LogP contribution in [0.4, 0.5) is 0 Å². The maximum atomic E-state index is 12.2. The van der Waals surface area contributed by atoms with Crippen molar-refractivity contribution in [3.8, 4) is 0 Å². The predicted molar refractivity (Wildman–Crippen MR) is 93.0 cm³/mol. The lowest BCUT2D eigenvalue weighted by molar-refractivity contribution is -0.122. The molecular weight excluding hydrogens is 310 g/mol. The molecule has 1 aromatic rings. The largest absolute Gasteiger partial charge is 0.349 e. The van der Waals surface area contributed by atoms with E-state index in [0.717, 1.165) is 19.3 Å². The van der Waals surface area contributed by atoms with Gasteiger partial charge < -0.3 is 5.32 Å². The number of carbonyl (C=O) groups is 1. The van der Waals surface area contributed by atoms with E-state index in [9.17, 15) is 13.2 Å². The zero-order valence-corrected chi connectivity index (χ0v) is 15.1. The van der Waals surface area contributed by atoms with Gasteiger partial charge in [0.15, 0.2) is 0 Å². The first-order valence-corrected chi connectivity index (χ1v) is 10.3. The van der Waals surface area contributed by atoms with Crippen molar-refractivity contribution in [3.05, 3.63) is 35.4 Å². The van der Waals surface area contributed by atoms with Crippen LogP contribution in [0.25, 0.3) is 0 Å². The third-order valence-electron chi connectivity index (χ3n) is 4.51. The monoisotopic (exact) mass is 337 g/mol. The molecular formula is C18H27NO3S. The van der Waals surface area contributed by atoms with Crippen LogP contribution in [0, 0.1) is 5.41 Å². The summed E-state index contributed by atoms with van der Waals surface area (Å²) < 4.78 is 22.3. The summed E-state index contributed by atoms with van der Waals surface area (Å²) in [4.78, 5) is 12.2. The van der Waals surface area contributed by atoms with Gasteiger partial charge in [-0.2, -0.15) is 0 Å². The number of benzene rings is 1. The molecule has 1 aliphatic rings. The molecule has 0 saturated carbocycles. The number of nitrogens with one attached hydrogen (secondary N) is 1. The fraction of sp³-hybridized carbons (Fsp3) is 0.611. The van der Waals surface area contributed by atoms with E-state index in [1.165, 1.54) is 17.4 Å². The van der Waals surface area contributed by atoms with Crippen LogP contribution in [0.1, 0.15) is 56.7 Å². The van der Waals surface area contributed by atoms with Crippen LogP contribution in [0.3, 0.4) is 0 Å². The summed E-state index contributed by atoms with van der Waals surface area (Å²) in [6.07, 6.45) is 4.87. The fourth-order valence-corrected chi connectivity index (χ4v) is 3.90. The van der Waals surface area contributed by atoms with Crippen LogP contribution in [-0.4, -0.2) is 26.3 Å². The summed E-state index contributed by atoms with van der Waals surface area (Å²) in [6.45, 7) is 4.48. The first kappa shape index (κ1) is 18.0. The Morgan fingerprint density at radius 3 is 2.70 bits per heavy atom. The van der Waals surface area contributed by atoms with Gasteiger partial charge in [-0.15, -0.1) is 0 Å². The zero-order valence-electron chi connectivity index (χ0n) is 14.3. The number of carbonyl (C=O) groups excluding carboxylic acids is 1. The second kappa shape index (κ2) is 7.04. The first-order valence-electron chi connectivity index (χ1n) is 8.21. The van der Waals surface area contributed by atoms with Crippen LogP contribution in [0.2, 0.25) is 0 Å². The van der Waals surface area contributed by atoms with Gasteiger partial charge in [-0.3, -0.25) is 4.79 Å². The van der Waals surface area contributed by atoms with Gasteiger partial charge in [-0.25, -0.2) is 8.42 Å². The Morgan fingerprint density at radius 2 is 2.00 bits per heavy atom. The Hall–Kier alpha value is -1.36. The van der Waals surface area contributed by atoms with Crippen molar-refractivity contribution in [2.75, 3.05) is 12.0 Å². The third-order valence-corrected chi connectivity index (χ3v) is 5.54. The summed E-state index contributed by atoms with van der Waals surface area (Å²) >= 11 is 0. The minimum Gasteiger partial charge on any atom is -0.349 e. The highest BCUT2D eigenvalue weighted by Gasteiger charge is 2.30. The molecule has 23 heavy (non-hydrogen) atoms. The van der Waals surface area contributed by atoms with E-state index in [-0.39, 0.29) is 29.5 Å². The summed E-state index contributed by atoms with van der Waals surface area (Å²) in [7, 11) is -3.01. The van der Waals surface area contributed by atoms with E-state index in [1.54, 1.807) is 0 Å². The summed E-state index contributed by atoms with van der Waals surface area (Å²) in [5.74, 6) is -0.00108. The number of hydrogen-bond acceptors (Lipinski definition) is 3. The molecule has 4 nitrogen and oxygen atoms in total. The van der Waals surface area contributed by atoms with E-state index in [1.807, 2.05) is 12.1 Å². The molecule has 0 heterocycles. The van der Waals surface area contributed by atoms with Crippen molar-refractivity contribution in [2.24, 2.45) is 5.41 Å². The number of sulfone groups is 1. The van der Waals surface area contributed by atoms with Crippen molar-refractivity contribution >= 4 is 15.7 Å². The van der Waals surface area contributed by atoms with Crippen LogP contribution in [0.5, 0.6) is 0 Å². The average molecular weight is 337 g/mol. The van der Waals surface area contributed by atoms with Crippen LogP contribution < -0.4 is 5.32 Å². The van der Waals surface area contributed by atoms with Crippen molar-refractivity contribution in [3.63, 3.8) is 0 Å². The molecule has 0 radical (unpaired) electrons. The van der Waals surface area contributed by atoms with E-state index in [2.05, 4.69) is 31.3 Å². The molecule has 5 heteroatoms. The highest BCUT2D eigenvalue weighted by Crippen LogP contribution is 2.39. The number of aryl methyl sites for hydroxylation is 1. The molecule has 0 bridgehead atoms. The zero-order chi connectivity index (χ0) is 17.1. The minimum absolute atomic E-state index is 0.00873. The van der Waals surface area contributed by atoms with E-state index in [0.29, 0.717) is 6.42 Å². The summed E-state index contributed by atoms with van der Waals surface area (Å²) in [5.41, 5.74) is 2.68. The molecule has 0 aliphatic heterocycles. The van der Waals surface area contributed by atoms with E-state index in [4.69, 9.17) is 0 Å². The number of fused-ring (bicyclic) bond motifs is 1. The van der Waals surface area contributed by atoms with Gasteiger partial charge in [0.2, 0.25) is 5.91 Å². The quantitative estimate of drug-likeness (QED) is 0.840. The van der Waals surface area contributed by atoms with E-state index >= 15 is 0 Å². The lowest BCUT2D eigenvalue weighted by atomic mass is 9.83. The fourth-order valence-electron chi connectivity index (χ4n) is 3.23. The summed E-state index contributed by atoms with van der Waals surface area (Å²) in [5, 5.41) is 3.12. The molecule has 1 aromatic carbocycles. The number of hydrogen-bond donors (Lipinski definition) is 1. The topological polar surface area (TPSA) is 63.2 Å². The predicted octanol–water partition coefficient (Wildman–Crippen LogP) is 3.03. The maximum Gasteiger partial charge on any atom is 0.220 e. The van der Waals surface area contributed by atoms with Crippen LogP contribution in [-0.2, 0) is 21.1 Å². The maximum absolute atomic E-state index is 12.2. The Morgan fingerprint density at radius 1 is 1.30 bits per heavy atom. The minimum atomic E-state index is -3.01. The molecule has 1 aliphatic carbocycles. The SMILES string of the molecule is CC1(C)CCc2ccccc2[C@H](NC(=O)CCCS(C)(=O)=O)C1. The molecule has 2 rings (SSSR count). The van der Waals surface area contributed by atoms with Gasteiger partial charge in [0, 0.05) is 12.7 Å². The Balaban J connectivity index is 2.06. The molecule has 1 amide bonds. The molecule has 0 unspecified atom stereocenters. The van der Waals surface area contributed by atoms with Crippen LogP contribution >= 0.6 is 0 Å². The second-order valence-electron chi connectivity index (χ2n) is 7.42. The Bertz CT molecular complexity index is 665. The highest BCUT2D eigenvalue weighted by molar-refractivity contribution is 7.90.